The van der Waals surface area contributed by atoms with E-state index in [2.05, 4.69) is 5.32 Å². The molecule has 0 aliphatic carbocycles. The molecule has 1 N–H and O–H groups in total. The minimum atomic E-state index is -3.45. The Morgan fingerprint density at radius 3 is 2.74 bits per heavy atom. The lowest BCUT2D eigenvalue weighted by atomic mass is 10.1. The third-order valence-electron chi connectivity index (χ3n) is 3.98. The molecule has 2 aliphatic heterocycles. The number of nitrogens with zero attached hydrogens (tertiary/aromatic N) is 1. The Labute approximate surface area is 114 Å². The highest BCUT2D eigenvalue weighted by Crippen LogP contribution is 2.34. The van der Waals surface area contributed by atoms with Crippen molar-refractivity contribution in [1.82, 2.24) is 9.62 Å². The molecule has 6 nitrogen and oxygen atoms in total. The van der Waals surface area contributed by atoms with Crippen LogP contribution in [0.5, 0.6) is 0 Å². The number of ether oxygens (including phenoxy) is 1. The molecule has 2 atom stereocenters. The van der Waals surface area contributed by atoms with Gasteiger partial charge in [-0.2, -0.15) is 0 Å². The van der Waals surface area contributed by atoms with Crippen LogP contribution in [0.1, 0.15) is 33.6 Å². The fourth-order valence-electron chi connectivity index (χ4n) is 2.50. The first kappa shape index (κ1) is 14.7. The lowest BCUT2D eigenvalue weighted by molar-refractivity contribution is -0.132. The van der Waals surface area contributed by atoms with E-state index in [9.17, 15) is 13.2 Å². The molecule has 0 aromatic heterocycles. The Kier molecular flexibility index (Phi) is 3.90. The van der Waals surface area contributed by atoms with Crippen LogP contribution in [0.4, 0.5) is 0 Å². The summed E-state index contributed by atoms with van der Waals surface area (Å²) in [6.45, 7) is 6.37. The van der Waals surface area contributed by atoms with Gasteiger partial charge in [-0.25, -0.2) is 12.7 Å². The van der Waals surface area contributed by atoms with Crippen LogP contribution in [0.2, 0.25) is 0 Å². The van der Waals surface area contributed by atoms with Gasteiger partial charge in [0, 0.05) is 25.7 Å². The summed E-state index contributed by atoms with van der Waals surface area (Å²) < 4.78 is 29.0. The van der Waals surface area contributed by atoms with Crippen molar-refractivity contribution in [2.75, 3.05) is 19.7 Å². The second kappa shape index (κ2) is 5.03. The fraction of sp³-hybridized carbons (Fsp3) is 0.917. The topological polar surface area (TPSA) is 75.7 Å². The summed E-state index contributed by atoms with van der Waals surface area (Å²) in [6.07, 6.45) is 2.30. The van der Waals surface area contributed by atoms with Crippen LogP contribution in [-0.2, 0) is 19.6 Å². The number of rotatable bonds is 5. The maximum absolute atomic E-state index is 11.9. The first-order valence-corrected chi connectivity index (χ1v) is 8.14. The maximum Gasteiger partial charge on any atom is 0.258 e. The van der Waals surface area contributed by atoms with Crippen molar-refractivity contribution in [3.63, 3.8) is 0 Å². The molecule has 0 spiro atoms. The molecule has 0 aromatic rings. The van der Waals surface area contributed by atoms with Crippen LogP contribution >= 0.6 is 0 Å². The van der Waals surface area contributed by atoms with Gasteiger partial charge in [0.2, 0.25) is 0 Å². The second-order valence-electron chi connectivity index (χ2n) is 5.69. The van der Waals surface area contributed by atoms with Gasteiger partial charge in [0.05, 0.1) is 6.10 Å². The summed E-state index contributed by atoms with van der Waals surface area (Å²) in [5.74, 6) is -0.320. The average molecular weight is 290 g/mol. The van der Waals surface area contributed by atoms with Crippen molar-refractivity contribution in [2.45, 2.75) is 50.5 Å². The van der Waals surface area contributed by atoms with Crippen molar-refractivity contribution in [1.29, 1.82) is 0 Å². The molecule has 2 rings (SSSR count). The van der Waals surface area contributed by atoms with Crippen LogP contribution in [0, 0.1) is 0 Å². The van der Waals surface area contributed by atoms with Gasteiger partial charge >= 0.3 is 0 Å². The summed E-state index contributed by atoms with van der Waals surface area (Å²) in [4.78, 5) is 11.7. The molecule has 0 saturated carbocycles. The van der Waals surface area contributed by atoms with Crippen LogP contribution in [-0.4, -0.2) is 55.2 Å². The van der Waals surface area contributed by atoms with E-state index < -0.39 is 14.8 Å². The van der Waals surface area contributed by atoms with E-state index in [1.165, 1.54) is 13.8 Å². The molecule has 2 unspecified atom stereocenters. The molecule has 0 aromatic carbocycles. The zero-order chi connectivity index (χ0) is 14.3. The van der Waals surface area contributed by atoms with Gasteiger partial charge in [0.15, 0.2) is 4.75 Å². The third-order valence-corrected chi connectivity index (χ3v) is 6.37. The summed E-state index contributed by atoms with van der Waals surface area (Å²) in [5, 5.41) is 3.23. The first-order chi connectivity index (χ1) is 8.78. The number of carbonyl (C=O) groups is 1. The van der Waals surface area contributed by atoms with Gasteiger partial charge in [-0.3, -0.25) is 4.79 Å². The van der Waals surface area contributed by atoms with Crippen molar-refractivity contribution in [3.05, 3.63) is 0 Å². The standard InChI is InChI=1S/C12H22N2O4S/c1-9(10-5-4-8-18-10)13-6-7-14-11(15)12(2,3)19(14,16)17/h9-10,13H,4-8H2,1-3H3. The van der Waals surface area contributed by atoms with Crippen molar-refractivity contribution >= 4 is 15.9 Å². The van der Waals surface area contributed by atoms with E-state index >= 15 is 0 Å². The molecule has 2 heterocycles. The highest BCUT2D eigenvalue weighted by atomic mass is 32.2. The van der Waals surface area contributed by atoms with Crippen molar-refractivity contribution in [3.8, 4) is 0 Å². The van der Waals surface area contributed by atoms with Crippen LogP contribution in [0.15, 0.2) is 0 Å². The van der Waals surface area contributed by atoms with Crippen LogP contribution < -0.4 is 5.32 Å². The van der Waals surface area contributed by atoms with E-state index in [0.29, 0.717) is 6.54 Å². The summed E-state index contributed by atoms with van der Waals surface area (Å²) >= 11 is 0. The van der Waals surface area contributed by atoms with Gasteiger partial charge in [0.1, 0.15) is 0 Å². The Morgan fingerprint density at radius 1 is 1.53 bits per heavy atom. The smallest absolute Gasteiger partial charge is 0.258 e. The Morgan fingerprint density at radius 2 is 2.21 bits per heavy atom. The van der Waals surface area contributed by atoms with Gasteiger partial charge in [-0.05, 0) is 33.6 Å². The van der Waals surface area contributed by atoms with Gasteiger partial charge in [-0.15, -0.1) is 0 Å². The zero-order valence-corrected chi connectivity index (χ0v) is 12.5. The number of amides is 1. The first-order valence-electron chi connectivity index (χ1n) is 6.70. The monoisotopic (exact) mass is 290 g/mol. The molecule has 0 bridgehead atoms. The van der Waals surface area contributed by atoms with Crippen molar-refractivity contribution < 1.29 is 17.9 Å². The molecule has 0 radical (unpaired) electrons. The molecular weight excluding hydrogens is 268 g/mol. The molecule has 110 valence electrons. The van der Waals surface area contributed by atoms with E-state index in [1.807, 2.05) is 6.92 Å². The highest BCUT2D eigenvalue weighted by molar-refractivity contribution is 7.94. The van der Waals surface area contributed by atoms with Gasteiger partial charge < -0.3 is 10.1 Å². The molecule has 2 saturated heterocycles. The minimum Gasteiger partial charge on any atom is -0.377 e. The van der Waals surface area contributed by atoms with E-state index in [-0.39, 0.29) is 24.6 Å². The number of hydrogen-bond acceptors (Lipinski definition) is 5. The predicted octanol–water partition coefficient (Wildman–Crippen LogP) is 0.0941. The zero-order valence-electron chi connectivity index (χ0n) is 11.7. The Bertz CT molecular complexity index is 454. The fourth-order valence-corrected chi connectivity index (χ4v) is 4.03. The minimum absolute atomic E-state index is 0.176. The quantitative estimate of drug-likeness (QED) is 0.777. The largest absolute Gasteiger partial charge is 0.377 e. The second-order valence-corrected chi connectivity index (χ2v) is 8.10. The van der Waals surface area contributed by atoms with Gasteiger partial charge in [0.25, 0.3) is 15.9 Å². The van der Waals surface area contributed by atoms with E-state index in [4.69, 9.17) is 4.74 Å². The maximum atomic E-state index is 11.9. The summed E-state index contributed by atoms with van der Waals surface area (Å²) in [5.41, 5.74) is 0. The van der Waals surface area contributed by atoms with E-state index in [0.717, 1.165) is 23.8 Å². The SMILES string of the molecule is CC(NCCN1C(=O)C(C)(C)S1(=O)=O)C1CCCO1. The summed E-state index contributed by atoms with van der Waals surface area (Å²) in [7, 11) is -3.45. The van der Waals surface area contributed by atoms with Crippen LogP contribution in [0.3, 0.4) is 0 Å². The molecule has 2 aliphatic rings. The lowest BCUT2D eigenvalue weighted by Crippen LogP contribution is -2.68. The van der Waals surface area contributed by atoms with Crippen molar-refractivity contribution in [2.24, 2.45) is 0 Å². The average Bonchev–Trinajstić information content (AvgIpc) is 2.86. The van der Waals surface area contributed by atoms with Gasteiger partial charge in [-0.1, -0.05) is 0 Å². The number of sulfonamides is 1. The molecule has 1 amide bonds. The van der Waals surface area contributed by atoms with Crippen LogP contribution in [0.25, 0.3) is 0 Å². The molecule has 2 fully saturated rings. The highest BCUT2D eigenvalue weighted by Gasteiger charge is 2.59. The van der Waals surface area contributed by atoms with E-state index in [1.54, 1.807) is 0 Å². The molecule has 7 heteroatoms. The third kappa shape index (κ3) is 2.39. The normalized spacial score (nSPS) is 30.2. The number of hydrogen-bond donors (Lipinski definition) is 1. The Hall–Kier alpha value is -0.660. The molecule has 19 heavy (non-hydrogen) atoms. The number of nitrogens with one attached hydrogen (secondary N) is 1. The lowest BCUT2D eigenvalue weighted by Gasteiger charge is -2.43. The molecular formula is C12H22N2O4S. The Balaban J connectivity index is 1.79. The number of carbonyl (C=O) groups excluding carboxylic acids is 1. The summed E-state index contributed by atoms with van der Waals surface area (Å²) in [6, 6.07) is 0.176. The predicted molar refractivity (Wildman–Crippen MR) is 71.2 cm³/mol.